The number of halogens is 4. The Morgan fingerprint density at radius 2 is 0.857 bits per heavy atom. The van der Waals surface area contributed by atoms with Gasteiger partial charge in [-0.05, 0) is 0 Å². The van der Waals surface area contributed by atoms with Crippen molar-refractivity contribution in [2.45, 2.75) is 0 Å². The molecule has 0 aliphatic heterocycles. The Labute approximate surface area is 93.1 Å². The van der Waals surface area contributed by atoms with Crippen LogP contribution in [0.4, 0.5) is 17.3 Å². The van der Waals surface area contributed by atoms with Crippen molar-refractivity contribution >= 4 is 77.5 Å². The standard InChI is InChI=1S/BF4.K.Li.2H/c2-1(3,4)5;;;;/q-1;;;;. The fourth-order valence-corrected chi connectivity index (χ4v) is 0. The number of hydrogen-bond acceptors (Lipinski definition) is 0. The normalized spacial score (nSPS) is 8.57. The minimum absolute atomic E-state index is 0. The maximum absolute atomic E-state index is 9.75. The van der Waals surface area contributed by atoms with E-state index in [1.165, 1.54) is 0 Å². The zero-order valence-corrected chi connectivity index (χ0v) is 2.09. The fraction of sp³-hybridized carbons (Fsp3) is 0. The van der Waals surface area contributed by atoms with Crippen LogP contribution in [0.1, 0.15) is 0 Å². The molecule has 0 saturated carbocycles. The monoisotopic (exact) mass is 135 g/mol. The Balaban J connectivity index is -0.0000000800. The maximum atomic E-state index is 9.75. The van der Waals surface area contributed by atoms with E-state index in [9.17, 15) is 17.3 Å². The van der Waals surface area contributed by atoms with E-state index in [0.717, 1.165) is 0 Å². The first kappa shape index (κ1) is 16.0. The van der Waals surface area contributed by atoms with E-state index in [-0.39, 0.29) is 70.2 Å². The van der Waals surface area contributed by atoms with Crippen LogP contribution in [0.25, 0.3) is 0 Å². The molecule has 0 aliphatic carbocycles. The van der Waals surface area contributed by atoms with Crippen molar-refractivity contribution < 1.29 is 17.3 Å². The van der Waals surface area contributed by atoms with Crippen LogP contribution in [-0.4, -0.2) is 77.5 Å². The van der Waals surface area contributed by atoms with Gasteiger partial charge >= 0.3 is 77.5 Å². The van der Waals surface area contributed by atoms with E-state index in [1.54, 1.807) is 0 Å². The van der Waals surface area contributed by atoms with Crippen LogP contribution in [0, 0.1) is 0 Å². The van der Waals surface area contributed by atoms with Crippen LogP contribution < -0.4 is 0 Å². The summed E-state index contributed by atoms with van der Waals surface area (Å²) in [6.07, 6.45) is 0. The van der Waals surface area contributed by atoms with E-state index < -0.39 is 7.25 Å². The van der Waals surface area contributed by atoms with Crippen molar-refractivity contribution in [1.29, 1.82) is 0 Å². The number of hydrogen-bond donors (Lipinski definition) is 0. The van der Waals surface area contributed by atoms with Gasteiger partial charge in [-0.3, -0.25) is 0 Å². The molecule has 0 aromatic rings. The van der Waals surface area contributed by atoms with Gasteiger partial charge in [0.2, 0.25) is 0 Å². The first-order valence-corrected chi connectivity index (χ1v) is 0.873. The third-order valence-corrected chi connectivity index (χ3v) is 0. The predicted molar refractivity (Wildman–Crippen MR) is 24.5 cm³/mol. The molecule has 0 aromatic heterocycles. The quantitative estimate of drug-likeness (QED) is 0.324. The summed E-state index contributed by atoms with van der Waals surface area (Å²) < 4.78 is 39.0. The van der Waals surface area contributed by atoms with Gasteiger partial charge < -0.3 is 17.3 Å². The Kier molecular flexibility index (Phi) is 14.0. The topological polar surface area (TPSA) is 0 Å². The molecular formula is H2BF4KLi-. The molecule has 0 amide bonds. The summed E-state index contributed by atoms with van der Waals surface area (Å²) >= 11 is 0. The second kappa shape index (κ2) is 6.14. The van der Waals surface area contributed by atoms with Crippen LogP contribution >= 0.6 is 0 Å². The van der Waals surface area contributed by atoms with Gasteiger partial charge in [0.05, 0.1) is 0 Å². The molecule has 0 aromatic carbocycles. The van der Waals surface area contributed by atoms with Crippen LogP contribution in [0.5, 0.6) is 0 Å². The van der Waals surface area contributed by atoms with Crippen LogP contribution in [0.3, 0.4) is 0 Å². The fourth-order valence-electron chi connectivity index (χ4n) is 0. The summed E-state index contributed by atoms with van der Waals surface area (Å²) in [5, 5.41) is 0. The molecule has 7 heavy (non-hydrogen) atoms. The van der Waals surface area contributed by atoms with Crippen molar-refractivity contribution in [3.63, 3.8) is 0 Å². The average Bonchev–Trinajstić information content (AvgIpc) is 0.722. The molecule has 0 rings (SSSR count). The van der Waals surface area contributed by atoms with Crippen LogP contribution in [0.15, 0.2) is 0 Å². The van der Waals surface area contributed by atoms with Gasteiger partial charge in [0, 0.05) is 0 Å². The second-order valence-corrected chi connectivity index (χ2v) is 0.495. The average molecular weight is 135 g/mol. The van der Waals surface area contributed by atoms with Crippen molar-refractivity contribution in [3.8, 4) is 0 Å². The molecule has 0 aliphatic rings. The second-order valence-electron chi connectivity index (χ2n) is 0.495. The molecule has 0 N–H and O–H groups in total. The van der Waals surface area contributed by atoms with Gasteiger partial charge in [-0.1, -0.05) is 0 Å². The van der Waals surface area contributed by atoms with E-state index in [2.05, 4.69) is 0 Å². The SMILES string of the molecule is F[B-](F)(F)F.[KH].[LiH]. The van der Waals surface area contributed by atoms with Crippen molar-refractivity contribution in [1.82, 2.24) is 0 Å². The zero-order valence-electron chi connectivity index (χ0n) is 2.09. The van der Waals surface area contributed by atoms with Crippen LogP contribution in [0.2, 0.25) is 0 Å². The summed E-state index contributed by atoms with van der Waals surface area (Å²) in [7, 11) is -6.00. The first-order chi connectivity index (χ1) is 2.00. The third-order valence-electron chi connectivity index (χ3n) is 0. The van der Waals surface area contributed by atoms with Gasteiger partial charge in [0.1, 0.15) is 0 Å². The summed E-state index contributed by atoms with van der Waals surface area (Å²) in [6.45, 7) is 0. The summed E-state index contributed by atoms with van der Waals surface area (Å²) in [5.41, 5.74) is 0. The summed E-state index contributed by atoms with van der Waals surface area (Å²) in [5.74, 6) is 0. The van der Waals surface area contributed by atoms with Gasteiger partial charge in [-0.25, -0.2) is 0 Å². The third kappa shape index (κ3) is 71.3. The molecule has 0 radical (unpaired) electrons. The van der Waals surface area contributed by atoms with Gasteiger partial charge in [-0.2, -0.15) is 0 Å². The predicted octanol–water partition coefficient (Wildman–Crippen LogP) is 0.00300. The van der Waals surface area contributed by atoms with E-state index in [4.69, 9.17) is 0 Å². The van der Waals surface area contributed by atoms with Gasteiger partial charge in [0.15, 0.2) is 0 Å². The molecule has 0 atom stereocenters. The molecular weight excluding hydrogens is 133 g/mol. The van der Waals surface area contributed by atoms with E-state index in [1.807, 2.05) is 0 Å². The van der Waals surface area contributed by atoms with Gasteiger partial charge in [-0.15, -0.1) is 0 Å². The van der Waals surface area contributed by atoms with Crippen LogP contribution in [-0.2, 0) is 0 Å². The molecule has 0 unspecified atom stereocenters. The zero-order chi connectivity index (χ0) is 4.50. The van der Waals surface area contributed by atoms with Crippen molar-refractivity contribution in [3.05, 3.63) is 0 Å². The Morgan fingerprint density at radius 3 is 0.857 bits per heavy atom. The van der Waals surface area contributed by atoms with Crippen molar-refractivity contribution in [2.24, 2.45) is 0 Å². The Bertz CT molecular complexity index is 27.2. The molecule has 0 bridgehead atoms. The van der Waals surface area contributed by atoms with E-state index >= 15 is 0 Å². The summed E-state index contributed by atoms with van der Waals surface area (Å²) in [4.78, 5) is 0. The molecule has 7 heteroatoms. The molecule has 36 valence electrons. The number of rotatable bonds is 0. The molecule has 0 fully saturated rings. The molecule has 0 nitrogen and oxygen atoms in total. The Hall–Kier alpha value is 2.02. The summed E-state index contributed by atoms with van der Waals surface area (Å²) in [6, 6.07) is 0. The molecule has 0 saturated heterocycles. The molecule has 0 spiro atoms. The Morgan fingerprint density at radius 1 is 0.857 bits per heavy atom. The van der Waals surface area contributed by atoms with Gasteiger partial charge in [0.25, 0.3) is 0 Å². The van der Waals surface area contributed by atoms with Crippen molar-refractivity contribution in [2.75, 3.05) is 0 Å². The van der Waals surface area contributed by atoms with E-state index in [0.29, 0.717) is 0 Å². The first-order valence-electron chi connectivity index (χ1n) is 0.873. The minimum atomic E-state index is -6.00. The molecule has 0 heterocycles.